The Morgan fingerprint density at radius 3 is 1.52 bits per heavy atom. The van der Waals surface area contributed by atoms with Gasteiger partial charge in [0.15, 0.2) is 0 Å². The van der Waals surface area contributed by atoms with Crippen LogP contribution < -0.4 is 0 Å². The molecule has 0 bridgehead atoms. The molecular formula is C40H24N2S2. The van der Waals surface area contributed by atoms with Crippen molar-refractivity contribution in [3.8, 4) is 44.6 Å². The van der Waals surface area contributed by atoms with Gasteiger partial charge in [0.2, 0.25) is 0 Å². The second-order valence-electron chi connectivity index (χ2n) is 11.1. The maximum atomic E-state index is 4.57. The van der Waals surface area contributed by atoms with E-state index in [9.17, 15) is 0 Å². The number of hydrogen-bond donors (Lipinski definition) is 0. The zero-order valence-electron chi connectivity index (χ0n) is 23.6. The van der Waals surface area contributed by atoms with E-state index in [0.717, 1.165) is 22.4 Å². The summed E-state index contributed by atoms with van der Waals surface area (Å²) in [5.74, 6) is 0. The van der Waals surface area contributed by atoms with Gasteiger partial charge in [-0.15, -0.1) is 22.7 Å². The largest absolute Gasteiger partial charge is 0.158 e. The van der Waals surface area contributed by atoms with Crippen LogP contribution in [0.15, 0.2) is 146 Å². The van der Waals surface area contributed by atoms with Crippen molar-refractivity contribution in [1.29, 1.82) is 0 Å². The third kappa shape index (κ3) is 4.15. The highest BCUT2D eigenvalue weighted by atomic mass is 32.1. The van der Waals surface area contributed by atoms with Crippen LogP contribution in [0.25, 0.3) is 85.0 Å². The number of hydrogen-bond acceptors (Lipinski definition) is 4. The lowest BCUT2D eigenvalue weighted by molar-refractivity contribution is 1.04. The first-order valence-corrected chi connectivity index (χ1v) is 16.3. The topological polar surface area (TPSA) is 25.8 Å². The Morgan fingerprint density at radius 2 is 0.886 bits per heavy atom. The maximum Gasteiger partial charge on any atom is 0.0936 e. The second-order valence-corrected chi connectivity index (χ2v) is 13.2. The van der Waals surface area contributed by atoms with Crippen LogP contribution in [0.1, 0.15) is 0 Å². The fourth-order valence-corrected chi connectivity index (χ4v) is 8.80. The predicted octanol–water partition coefficient (Wildman–Crippen LogP) is 11.9. The van der Waals surface area contributed by atoms with E-state index in [2.05, 4.69) is 150 Å². The summed E-state index contributed by atoms with van der Waals surface area (Å²) >= 11 is 3.72. The molecule has 0 radical (unpaired) electrons. The summed E-state index contributed by atoms with van der Waals surface area (Å²) in [6.07, 6.45) is 1.87. The maximum absolute atomic E-state index is 4.57. The normalized spacial score (nSPS) is 11.6. The summed E-state index contributed by atoms with van der Waals surface area (Å²) in [6.45, 7) is 0. The highest BCUT2D eigenvalue weighted by Crippen LogP contribution is 2.42. The molecule has 3 heterocycles. The SMILES string of the molecule is c1cc(-c2cnnc(-c3cccc(-c4cccc5c4sc4ccccc45)c3)c2)cc(-c2cccc3c2sc2ccccc23)c1. The third-order valence-electron chi connectivity index (χ3n) is 8.44. The van der Waals surface area contributed by atoms with Gasteiger partial charge in [-0.05, 0) is 58.1 Å². The fraction of sp³-hybridized carbons (Fsp3) is 0. The summed E-state index contributed by atoms with van der Waals surface area (Å²) < 4.78 is 5.27. The van der Waals surface area contributed by atoms with Gasteiger partial charge in [-0.2, -0.15) is 10.2 Å². The van der Waals surface area contributed by atoms with E-state index in [-0.39, 0.29) is 0 Å². The van der Waals surface area contributed by atoms with Crippen LogP contribution in [0, 0.1) is 0 Å². The van der Waals surface area contributed by atoms with Crippen LogP contribution in [0.3, 0.4) is 0 Å². The molecule has 0 aliphatic rings. The Morgan fingerprint density at radius 1 is 0.386 bits per heavy atom. The van der Waals surface area contributed by atoms with E-state index in [1.54, 1.807) is 0 Å². The molecule has 0 fully saturated rings. The second kappa shape index (κ2) is 10.2. The minimum atomic E-state index is 0.866. The summed E-state index contributed by atoms with van der Waals surface area (Å²) in [4.78, 5) is 0. The van der Waals surface area contributed by atoms with E-state index in [1.807, 2.05) is 28.9 Å². The molecule has 0 spiro atoms. The van der Waals surface area contributed by atoms with Crippen molar-refractivity contribution in [2.45, 2.75) is 0 Å². The van der Waals surface area contributed by atoms with Gasteiger partial charge in [-0.1, -0.05) is 109 Å². The lowest BCUT2D eigenvalue weighted by atomic mass is 9.97. The smallest absolute Gasteiger partial charge is 0.0936 e. The van der Waals surface area contributed by atoms with Crippen LogP contribution in [0.5, 0.6) is 0 Å². The molecule has 44 heavy (non-hydrogen) atoms. The standard InChI is InChI=1S/C40H24N2S2/c1-3-19-37-32(13-1)34-17-7-15-30(39(34)43-37)26-10-5-9-25(21-26)29-23-36(42-41-24-29)28-12-6-11-27(22-28)31-16-8-18-35-33-14-2-4-20-38(33)44-40(31)35/h1-24H. The number of fused-ring (bicyclic) bond motifs is 6. The molecule has 0 aliphatic heterocycles. The van der Waals surface area contributed by atoms with Gasteiger partial charge in [0.25, 0.3) is 0 Å². The third-order valence-corrected chi connectivity index (χ3v) is 10.9. The molecule has 4 heteroatoms. The van der Waals surface area contributed by atoms with E-state index in [1.165, 1.54) is 62.6 Å². The number of benzene rings is 6. The molecule has 0 saturated heterocycles. The van der Waals surface area contributed by atoms with Crippen molar-refractivity contribution in [2.75, 3.05) is 0 Å². The summed E-state index contributed by atoms with van der Waals surface area (Å²) in [5, 5.41) is 14.3. The number of nitrogens with zero attached hydrogens (tertiary/aromatic N) is 2. The predicted molar refractivity (Wildman–Crippen MR) is 190 cm³/mol. The van der Waals surface area contributed by atoms with Gasteiger partial charge in [0.1, 0.15) is 0 Å². The van der Waals surface area contributed by atoms with Crippen LogP contribution in [0.2, 0.25) is 0 Å². The Kier molecular flexibility index (Phi) is 5.90. The Hall–Kier alpha value is -5.16. The highest BCUT2D eigenvalue weighted by molar-refractivity contribution is 7.26. The molecule has 2 nitrogen and oxygen atoms in total. The lowest BCUT2D eigenvalue weighted by Gasteiger charge is -2.09. The molecule has 0 aliphatic carbocycles. The van der Waals surface area contributed by atoms with E-state index in [4.69, 9.17) is 0 Å². The summed E-state index contributed by atoms with van der Waals surface area (Å²) in [6, 6.07) is 50.2. The first-order valence-electron chi connectivity index (χ1n) is 14.6. The molecule has 0 atom stereocenters. The first-order chi connectivity index (χ1) is 21.8. The number of rotatable bonds is 4. The van der Waals surface area contributed by atoms with Gasteiger partial charge < -0.3 is 0 Å². The van der Waals surface area contributed by atoms with Gasteiger partial charge in [-0.3, -0.25) is 0 Å². The number of aromatic nitrogens is 2. The average Bonchev–Trinajstić information content (AvgIpc) is 3.67. The Labute approximate surface area is 262 Å². The van der Waals surface area contributed by atoms with E-state index in [0.29, 0.717) is 0 Å². The van der Waals surface area contributed by atoms with E-state index >= 15 is 0 Å². The molecule has 0 unspecified atom stereocenters. The molecule has 206 valence electrons. The van der Waals surface area contributed by atoms with Crippen LogP contribution in [0.4, 0.5) is 0 Å². The monoisotopic (exact) mass is 596 g/mol. The zero-order valence-corrected chi connectivity index (χ0v) is 25.2. The molecule has 6 aromatic carbocycles. The molecule has 0 saturated carbocycles. The van der Waals surface area contributed by atoms with Gasteiger partial charge in [0.05, 0.1) is 11.9 Å². The molecular weight excluding hydrogens is 573 g/mol. The highest BCUT2D eigenvalue weighted by Gasteiger charge is 2.13. The van der Waals surface area contributed by atoms with Crippen molar-refractivity contribution >= 4 is 63.0 Å². The van der Waals surface area contributed by atoms with E-state index < -0.39 is 0 Å². The molecule has 0 N–H and O–H groups in total. The first kappa shape index (κ1) is 25.3. The quantitative estimate of drug-likeness (QED) is 0.202. The van der Waals surface area contributed by atoms with Crippen LogP contribution >= 0.6 is 22.7 Å². The minimum Gasteiger partial charge on any atom is -0.158 e. The fourth-order valence-electron chi connectivity index (χ4n) is 6.33. The van der Waals surface area contributed by atoms with Crippen molar-refractivity contribution < 1.29 is 0 Å². The molecule has 9 aromatic rings. The Bertz CT molecular complexity index is 2350. The molecule has 9 rings (SSSR count). The molecule has 3 aromatic heterocycles. The van der Waals surface area contributed by atoms with Gasteiger partial charge in [-0.25, -0.2) is 0 Å². The minimum absolute atomic E-state index is 0.866. The number of thiophene rings is 2. The van der Waals surface area contributed by atoms with Crippen LogP contribution in [-0.4, -0.2) is 10.2 Å². The zero-order chi connectivity index (χ0) is 29.0. The van der Waals surface area contributed by atoms with Gasteiger partial charge >= 0.3 is 0 Å². The van der Waals surface area contributed by atoms with Crippen molar-refractivity contribution in [3.63, 3.8) is 0 Å². The Balaban J connectivity index is 1.11. The summed E-state index contributed by atoms with van der Waals surface area (Å²) in [5.41, 5.74) is 9.00. The van der Waals surface area contributed by atoms with Crippen molar-refractivity contribution in [1.82, 2.24) is 10.2 Å². The molecule has 0 amide bonds. The van der Waals surface area contributed by atoms with Crippen molar-refractivity contribution in [3.05, 3.63) is 146 Å². The summed E-state index contributed by atoms with van der Waals surface area (Å²) in [7, 11) is 0. The van der Waals surface area contributed by atoms with Crippen molar-refractivity contribution in [2.24, 2.45) is 0 Å². The lowest BCUT2D eigenvalue weighted by Crippen LogP contribution is -1.90. The van der Waals surface area contributed by atoms with Gasteiger partial charge in [0, 0.05) is 51.5 Å². The average molecular weight is 597 g/mol. The van der Waals surface area contributed by atoms with Crippen LogP contribution in [-0.2, 0) is 0 Å².